The smallest absolute Gasteiger partial charge is 0.408 e. The molecule has 0 bridgehead atoms. The van der Waals surface area contributed by atoms with Crippen molar-refractivity contribution >= 4 is 61.3 Å². The first kappa shape index (κ1) is 47.5. The molecule has 2 aliphatic heterocycles. The molecular weight excluding hydrogens is 851 g/mol. The van der Waals surface area contributed by atoms with Crippen LogP contribution in [0.25, 0.3) is 22.3 Å². The Kier molecular flexibility index (Phi) is 14.6. The minimum atomic E-state index is -3.59. The molecule has 3 aliphatic rings. The zero-order chi connectivity index (χ0) is 45.9. The van der Waals surface area contributed by atoms with Crippen LogP contribution in [0.1, 0.15) is 86.5 Å². The van der Waals surface area contributed by atoms with E-state index in [2.05, 4.69) is 16.0 Å². The van der Waals surface area contributed by atoms with E-state index in [-0.39, 0.29) is 44.1 Å². The molecule has 1 saturated carbocycles. The zero-order valence-electron chi connectivity index (χ0n) is 37.3. The van der Waals surface area contributed by atoms with Crippen LogP contribution in [0.4, 0.5) is 9.93 Å². The lowest BCUT2D eigenvalue weighted by atomic mass is 9.89. The third kappa shape index (κ3) is 11.2. The summed E-state index contributed by atoms with van der Waals surface area (Å²) in [6.07, 6.45) is 4.41. The van der Waals surface area contributed by atoms with E-state index in [4.69, 9.17) is 24.2 Å². The molecular formula is C44H61N7O10S2. The molecule has 63 heavy (non-hydrogen) atoms. The molecule has 3 amide bonds. The number of benzene rings is 1. The summed E-state index contributed by atoms with van der Waals surface area (Å²) < 4.78 is 44.6. The Morgan fingerprint density at radius 2 is 1.89 bits per heavy atom. The average molecular weight is 912 g/mol. The van der Waals surface area contributed by atoms with Gasteiger partial charge in [-0.3, -0.25) is 9.59 Å². The predicted octanol–water partition coefficient (Wildman–Crippen LogP) is 5.81. The Hall–Kier alpha value is -5.01. The predicted molar refractivity (Wildman–Crippen MR) is 240 cm³/mol. The molecule has 4 N–H and O–H groups in total. The molecule has 3 aromatic rings. The number of rotatable bonds is 13. The number of hydrogen-bond acceptors (Lipinski definition) is 13. The minimum absolute atomic E-state index is 0.0176. The Balaban J connectivity index is 1.33. The molecule has 6 atom stereocenters. The van der Waals surface area contributed by atoms with Crippen molar-refractivity contribution in [2.75, 3.05) is 38.3 Å². The van der Waals surface area contributed by atoms with E-state index >= 15 is 0 Å². The third-order valence-corrected chi connectivity index (χ3v) is 14.4. The van der Waals surface area contributed by atoms with E-state index in [0.29, 0.717) is 53.1 Å². The van der Waals surface area contributed by atoms with Crippen molar-refractivity contribution in [3.63, 3.8) is 0 Å². The fraction of sp³-hybridized carbons (Fsp3) is 0.591. The maximum absolute atomic E-state index is 14.8. The number of pyridine rings is 1. The number of carboxylic acid groups (broad SMARTS) is 1. The highest BCUT2D eigenvalue weighted by Gasteiger charge is 2.61. The molecule has 2 aromatic heterocycles. The molecule has 1 aromatic carbocycles. The molecule has 19 heteroatoms. The molecule has 17 nitrogen and oxygen atoms in total. The molecule has 4 heterocycles. The van der Waals surface area contributed by atoms with Gasteiger partial charge in [-0.05, 0) is 58.6 Å². The van der Waals surface area contributed by atoms with Crippen LogP contribution < -0.4 is 25.4 Å². The maximum Gasteiger partial charge on any atom is 0.408 e. The number of ether oxygens (including phenoxy) is 3. The van der Waals surface area contributed by atoms with Gasteiger partial charge >= 0.3 is 12.1 Å². The summed E-state index contributed by atoms with van der Waals surface area (Å²) >= 11 is 1.44. The first-order chi connectivity index (χ1) is 29.7. The largest absolute Gasteiger partial charge is 0.497 e. The van der Waals surface area contributed by atoms with E-state index in [1.807, 2.05) is 58.2 Å². The number of nitrogens with zero attached hydrogens (tertiary/aromatic N) is 4. The third-order valence-electron chi connectivity index (χ3n) is 11.8. The minimum Gasteiger partial charge on any atom is -0.497 e. The van der Waals surface area contributed by atoms with Crippen molar-refractivity contribution in [3.05, 3.63) is 41.8 Å². The number of anilines is 1. The van der Waals surface area contributed by atoms with Crippen molar-refractivity contribution in [1.29, 1.82) is 0 Å². The second kappa shape index (κ2) is 19.4. The van der Waals surface area contributed by atoms with Gasteiger partial charge in [-0.2, -0.15) is 0 Å². The van der Waals surface area contributed by atoms with Gasteiger partial charge in [-0.1, -0.05) is 45.8 Å². The fourth-order valence-corrected chi connectivity index (χ4v) is 9.58. The Morgan fingerprint density at radius 3 is 2.57 bits per heavy atom. The van der Waals surface area contributed by atoms with Gasteiger partial charge in [-0.25, -0.2) is 32.3 Å². The first-order valence-electron chi connectivity index (χ1n) is 21.6. The molecule has 1 saturated heterocycles. The number of carbonyl (C=O) groups excluding carboxylic acids is 3. The van der Waals surface area contributed by atoms with Gasteiger partial charge in [0.25, 0.3) is 0 Å². The van der Waals surface area contributed by atoms with Crippen LogP contribution in [0, 0.1) is 11.3 Å². The number of amides is 3. The Labute approximate surface area is 373 Å². The van der Waals surface area contributed by atoms with Crippen molar-refractivity contribution in [1.82, 2.24) is 29.8 Å². The topological polar surface area (TPSA) is 219 Å². The fourth-order valence-electron chi connectivity index (χ4n) is 7.92. The van der Waals surface area contributed by atoms with E-state index < -0.39 is 75.1 Å². The van der Waals surface area contributed by atoms with Crippen LogP contribution in [0.2, 0.25) is 0 Å². The van der Waals surface area contributed by atoms with E-state index in [1.165, 1.54) is 30.2 Å². The van der Waals surface area contributed by atoms with Gasteiger partial charge in [0.1, 0.15) is 47.0 Å². The van der Waals surface area contributed by atoms with Crippen LogP contribution in [0.3, 0.4) is 0 Å². The number of methoxy groups -OCH3 is 1. The lowest BCUT2D eigenvalue weighted by molar-refractivity contribution is -0.145. The Morgan fingerprint density at radius 1 is 1.13 bits per heavy atom. The van der Waals surface area contributed by atoms with Crippen LogP contribution in [-0.4, -0.2) is 125 Å². The average Bonchev–Trinajstić information content (AvgIpc) is 3.49. The van der Waals surface area contributed by atoms with Gasteiger partial charge in [0, 0.05) is 53.7 Å². The number of likely N-dealkylation sites (N-methyl/N-ethyl adjacent to an activating group) is 1. The highest BCUT2D eigenvalue weighted by molar-refractivity contribution is 7.89. The molecule has 6 rings (SSSR count). The highest BCUT2D eigenvalue weighted by Crippen LogP contribution is 2.45. The van der Waals surface area contributed by atoms with Crippen molar-refractivity contribution in [3.8, 4) is 22.9 Å². The molecule has 1 aliphatic carbocycles. The lowest BCUT2D eigenvalue weighted by Crippen LogP contribution is -2.56. The highest BCUT2D eigenvalue weighted by atomic mass is 32.2. The standard InChI is InChI=1S/C44H61N7O10S2/c1-9-63(57,58)50(7)24-37(43(4,5)6)61-42(56)48-31-16-14-12-10-11-13-15-27-22-44(27,40(54)55)49-38(52)35-20-29(23-51(35)39(31)53)60-36-21-33(34-25-62-41(47-34)45-26(2)3)46-32-19-28(59-8)17-18-30(32)36/h13,15,17-19,21,25-27,29,31,35,37H,9-12,14,16,20,22-24H2,1-8H3,(H,45,47)(H,48,56)(H,49,52)(H,54,55)/b15-13-/t27?,29-,31+,35+,37?,44-/m1/s1. The summed E-state index contributed by atoms with van der Waals surface area (Å²) in [5.41, 5.74) is -0.471. The second-order valence-corrected chi connectivity index (χ2v) is 21.2. The number of aromatic nitrogens is 2. The van der Waals surface area contributed by atoms with Crippen LogP contribution >= 0.6 is 11.3 Å². The first-order valence-corrected chi connectivity index (χ1v) is 24.0. The van der Waals surface area contributed by atoms with E-state index in [9.17, 15) is 32.7 Å². The SMILES string of the molecule is CCS(=O)(=O)N(C)CC(OC(=O)N[C@H]1CCCCC/C=C\C2C[C@@]2(C(=O)O)NC(=O)[C@@H]2C[C@@H](Oc3cc(-c4csc(NC(C)C)n4)nc4cc(OC)ccc34)CN2C1=O)C(C)(C)C. The van der Waals surface area contributed by atoms with Crippen molar-refractivity contribution in [2.24, 2.45) is 11.3 Å². The summed E-state index contributed by atoms with van der Waals surface area (Å²) in [5, 5.41) is 22.5. The summed E-state index contributed by atoms with van der Waals surface area (Å²) in [5.74, 6) is -1.88. The summed E-state index contributed by atoms with van der Waals surface area (Å²) in [7, 11) is -0.598. The van der Waals surface area contributed by atoms with Crippen LogP contribution in [0.5, 0.6) is 11.5 Å². The molecule has 2 fully saturated rings. The molecule has 2 unspecified atom stereocenters. The number of alkyl carbamates (subject to hydrolysis) is 1. The quantitative estimate of drug-likeness (QED) is 0.149. The van der Waals surface area contributed by atoms with Gasteiger partial charge < -0.3 is 40.2 Å². The van der Waals surface area contributed by atoms with E-state index in [1.54, 1.807) is 25.3 Å². The summed E-state index contributed by atoms with van der Waals surface area (Å²) in [6.45, 7) is 10.9. The second-order valence-electron chi connectivity index (χ2n) is 18.0. The van der Waals surface area contributed by atoms with E-state index in [0.717, 1.165) is 15.9 Å². The van der Waals surface area contributed by atoms with Gasteiger partial charge in [0.2, 0.25) is 21.8 Å². The Bertz CT molecular complexity index is 2310. The van der Waals surface area contributed by atoms with Crippen LogP contribution in [-0.2, 0) is 29.1 Å². The number of carboxylic acids is 1. The van der Waals surface area contributed by atoms with Gasteiger partial charge in [-0.15, -0.1) is 11.3 Å². The number of allylic oxidation sites excluding steroid dienone is 1. The number of thiazole rings is 1. The lowest BCUT2D eigenvalue weighted by Gasteiger charge is -2.34. The summed E-state index contributed by atoms with van der Waals surface area (Å²) in [6, 6.07) is 5.04. The molecule has 0 radical (unpaired) electrons. The number of nitrogens with one attached hydrogen (secondary N) is 3. The molecule has 0 spiro atoms. The van der Waals surface area contributed by atoms with Crippen LogP contribution in [0.15, 0.2) is 41.8 Å². The van der Waals surface area contributed by atoms with Gasteiger partial charge in [0.05, 0.1) is 37.2 Å². The normalized spacial score (nSPS) is 24.4. The number of carbonyl (C=O) groups is 4. The van der Waals surface area contributed by atoms with Gasteiger partial charge in [0.15, 0.2) is 5.13 Å². The number of hydrogen-bond donors (Lipinski definition) is 4. The number of sulfonamides is 1. The van der Waals surface area contributed by atoms with Crippen molar-refractivity contribution < 1.29 is 46.9 Å². The number of aliphatic carboxylic acids is 1. The maximum atomic E-state index is 14.8. The zero-order valence-corrected chi connectivity index (χ0v) is 38.9. The van der Waals surface area contributed by atoms with Crippen molar-refractivity contribution in [2.45, 2.75) is 122 Å². The summed E-state index contributed by atoms with van der Waals surface area (Å²) in [4.78, 5) is 66.7. The number of fused-ring (bicyclic) bond motifs is 3. The monoisotopic (exact) mass is 911 g/mol. The molecule has 344 valence electrons.